The van der Waals surface area contributed by atoms with Crippen LogP contribution in [0.25, 0.3) is 0 Å². The number of likely N-dealkylation sites (tertiary alicyclic amines) is 1. The molecule has 0 amide bonds. The number of guanidine groups is 1. The van der Waals surface area contributed by atoms with Crippen molar-refractivity contribution >= 4 is 5.96 Å². The van der Waals surface area contributed by atoms with Crippen LogP contribution in [0, 0.1) is 5.92 Å². The van der Waals surface area contributed by atoms with Crippen LogP contribution in [0.5, 0.6) is 0 Å². The van der Waals surface area contributed by atoms with E-state index in [2.05, 4.69) is 64.7 Å². The molecule has 0 saturated carbocycles. The van der Waals surface area contributed by atoms with Crippen LogP contribution in [0.4, 0.5) is 0 Å². The summed E-state index contributed by atoms with van der Waals surface area (Å²) in [6, 6.07) is 12.9. The van der Waals surface area contributed by atoms with Crippen LogP contribution in [0.1, 0.15) is 51.0 Å². The number of hydrogen-bond acceptors (Lipinski definition) is 3. The molecule has 3 heterocycles. The van der Waals surface area contributed by atoms with Gasteiger partial charge in [0.2, 0.25) is 0 Å². The minimum atomic E-state index is 0.548. The number of nitrogens with one attached hydrogen (secondary N) is 2. The molecule has 2 bridgehead atoms. The Hall–Kier alpha value is -1.59. The summed E-state index contributed by atoms with van der Waals surface area (Å²) in [6.07, 6.45) is 7.79. The van der Waals surface area contributed by atoms with Crippen molar-refractivity contribution in [2.45, 2.75) is 70.1 Å². The first-order chi connectivity index (χ1) is 14.2. The van der Waals surface area contributed by atoms with E-state index in [4.69, 9.17) is 4.99 Å². The molecule has 3 atom stereocenters. The van der Waals surface area contributed by atoms with E-state index in [0.717, 1.165) is 25.6 Å². The molecule has 0 aromatic heterocycles. The number of benzene rings is 1. The van der Waals surface area contributed by atoms with Crippen molar-refractivity contribution in [3.05, 3.63) is 35.9 Å². The van der Waals surface area contributed by atoms with E-state index in [0.29, 0.717) is 24.0 Å². The zero-order valence-corrected chi connectivity index (χ0v) is 18.3. The van der Waals surface area contributed by atoms with Gasteiger partial charge in [-0.25, -0.2) is 0 Å². The first-order valence-electron chi connectivity index (χ1n) is 11.7. The summed E-state index contributed by atoms with van der Waals surface area (Å²) in [4.78, 5) is 10.2. The van der Waals surface area contributed by atoms with Gasteiger partial charge in [-0.3, -0.25) is 9.89 Å². The second-order valence-electron chi connectivity index (χ2n) is 9.35. The molecule has 29 heavy (non-hydrogen) atoms. The minimum absolute atomic E-state index is 0.548. The normalized spacial score (nSPS) is 31.0. The monoisotopic (exact) mass is 397 g/mol. The Balaban J connectivity index is 1.32. The van der Waals surface area contributed by atoms with Crippen molar-refractivity contribution in [2.24, 2.45) is 10.9 Å². The van der Waals surface area contributed by atoms with Crippen LogP contribution < -0.4 is 10.6 Å². The third-order valence-corrected chi connectivity index (χ3v) is 7.01. The lowest BCUT2D eigenvalue weighted by molar-refractivity contribution is 0.114. The van der Waals surface area contributed by atoms with Gasteiger partial charge in [0.15, 0.2) is 5.96 Å². The molecule has 3 aliphatic rings. The molecule has 5 nitrogen and oxygen atoms in total. The first kappa shape index (κ1) is 20.7. The molecule has 0 radical (unpaired) electrons. The highest BCUT2D eigenvalue weighted by atomic mass is 15.3. The minimum Gasteiger partial charge on any atom is -0.357 e. The third-order valence-electron chi connectivity index (χ3n) is 7.01. The molecule has 1 aromatic rings. The Bertz CT molecular complexity index is 646. The summed E-state index contributed by atoms with van der Waals surface area (Å²) >= 11 is 0. The van der Waals surface area contributed by atoms with Gasteiger partial charge in [-0.2, -0.15) is 0 Å². The smallest absolute Gasteiger partial charge is 0.191 e. The number of fused-ring (bicyclic) bond motifs is 2. The largest absolute Gasteiger partial charge is 0.357 e. The van der Waals surface area contributed by atoms with Crippen LogP contribution in [0.2, 0.25) is 0 Å². The van der Waals surface area contributed by atoms with Gasteiger partial charge in [-0.05, 0) is 70.5 Å². The van der Waals surface area contributed by atoms with E-state index in [1.807, 2.05) is 0 Å². The fraction of sp³-hybridized carbons (Fsp3) is 0.708. The molecule has 3 saturated heterocycles. The zero-order valence-electron chi connectivity index (χ0n) is 18.3. The van der Waals surface area contributed by atoms with Crippen LogP contribution in [-0.4, -0.2) is 67.1 Å². The molecule has 5 heteroatoms. The Labute approximate surface area is 176 Å². The van der Waals surface area contributed by atoms with E-state index >= 15 is 0 Å². The SMILES string of the molecule is CCNC(=NCC1CCCN(C)C1)NC1CC2CCC(C1)N2Cc1ccccc1. The standard InChI is InChI=1S/C24H39N5/c1-3-25-24(26-16-20-10-7-13-28(2)17-20)27-21-14-22-11-12-23(15-21)29(22)18-19-8-5-4-6-9-19/h4-6,8-9,20-23H,3,7,10-18H2,1-2H3,(H2,25,26,27). The summed E-state index contributed by atoms with van der Waals surface area (Å²) in [5.41, 5.74) is 1.45. The lowest BCUT2D eigenvalue weighted by atomic mass is 9.96. The van der Waals surface area contributed by atoms with Crippen molar-refractivity contribution in [2.75, 3.05) is 33.2 Å². The van der Waals surface area contributed by atoms with Crippen molar-refractivity contribution in [1.29, 1.82) is 0 Å². The molecule has 160 valence electrons. The highest BCUT2D eigenvalue weighted by molar-refractivity contribution is 5.80. The van der Waals surface area contributed by atoms with E-state index in [1.54, 1.807) is 0 Å². The maximum Gasteiger partial charge on any atom is 0.191 e. The highest BCUT2D eigenvalue weighted by Crippen LogP contribution is 2.36. The number of hydrogen-bond donors (Lipinski definition) is 2. The molecule has 0 aliphatic carbocycles. The highest BCUT2D eigenvalue weighted by Gasteiger charge is 2.40. The second-order valence-corrected chi connectivity index (χ2v) is 9.35. The quantitative estimate of drug-likeness (QED) is 0.572. The molecule has 2 N–H and O–H groups in total. The van der Waals surface area contributed by atoms with Gasteiger partial charge in [0.05, 0.1) is 0 Å². The van der Waals surface area contributed by atoms with Gasteiger partial charge >= 0.3 is 0 Å². The van der Waals surface area contributed by atoms with Crippen molar-refractivity contribution in [3.8, 4) is 0 Å². The maximum atomic E-state index is 4.98. The molecule has 3 aliphatic heterocycles. The van der Waals surface area contributed by atoms with Gasteiger partial charge in [0.25, 0.3) is 0 Å². The van der Waals surface area contributed by atoms with Gasteiger partial charge in [-0.15, -0.1) is 0 Å². The Morgan fingerprint density at radius 3 is 2.55 bits per heavy atom. The van der Waals surface area contributed by atoms with Gasteiger partial charge < -0.3 is 15.5 Å². The van der Waals surface area contributed by atoms with Gasteiger partial charge in [0.1, 0.15) is 0 Å². The van der Waals surface area contributed by atoms with Gasteiger partial charge in [0, 0.05) is 44.3 Å². The van der Waals surface area contributed by atoms with Crippen LogP contribution >= 0.6 is 0 Å². The molecule has 0 spiro atoms. The number of aliphatic imine (C=N–C) groups is 1. The second kappa shape index (κ2) is 9.94. The predicted octanol–water partition coefficient (Wildman–Crippen LogP) is 3.08. The molecular weight excluding hydrogens is 358 g/mol. The first-order valence-corrected chi connectivity index (χ1v) is 11.7. The number of piperidine rings is 2. The summed E-state index contributed by atoms with van der Waals surface area (Å²) < 4.78 is 0. The maximum absolute atomic E-state index is 4.98. The Kier molecular flexibility index (Phi) is 7.09. The van der Waals surface area contributed by atoms with E-state index in [9.17, 15) is 0 Å². The Morgan fingerprint density at radius 2 is 1.86 bits per heavy atom. The summed E-state index contributed by atoms with van der Waals surface area (Å²) in [5.74, 6) is 1.73. The van der Waals surface area contributed by atoms with Crippen LogP contribution in [0.15, 0.2) is 35.3 Å². The van der Waals surface area contributed by atoms with Crippen LogP contribution in [0.3, 0.4) is 0 Å². The van der Waals surface area contributed by atoms with E-state index < -0.39 is 0 Å². The molecule has 1 aromatic carbocycles. The lowest BCUT2D eigenvalue weighted by Crippen LogP contribution is -2.52. The fourth-order valence-corrected chi connectivity index (χ4v) is 5.60. The van der Waals surface area contributed by atoms with Crippen molar-refractivity contribution < 1.29 is 0 Å². The van der Waals surface area contributed by atoms with Crippen molar-refractivity contribution in [1.82, 2.24) is 20.4 Å². The van der Waals surface area contributed by atoms with Gasteiger partial charge in [-0.1, -0.05) is 30.3 Å². The summed E-state index contributed by atoms with van der Waals surface area (Å²) in [6.45, 7) is 7.56. The summed E-state index contributed by atoms with van der Waals surface area (Å²) in [5, 5.41) is 7.29. The van der Waals surface area contributed by atoms with E-state index in [1.165, 1.54) is 57.2 Å². The lowest BCUT2D eigenvalue weighted by Gasteiger charge is -2.39. The molecule has 3 unspecified atom stereocenters. The predicted molar refractivity (Wildman–Crippen MR) is 121 cm³/mol. The average molecular weight is 398 g/mol. The number of nitrogens with zero attached hydrogens (tertiary/aromatic N) is 3. The van der Waals surface area contributed by atoms with E-state index in [-0.39, 0.29) is 0 Å². The third kappa shape index (κ3) is 5.52. The number of rotatable bonds is 6. The van der Waals surface area contributed by atoms with Crippen LogP contribution in [-0.2, 0) is 6.54 Å². The summed E-state index contributed by atoms with van der Waals surface area (Å²) in [7, 11) is 2.23. The molecular formula is C24H39N5. The topological polar surface area (TPSA) is 42.9 Å². The zero-order chi connectivity index (χ0) is 20.1. The average Bonchev–Trinajstić information content (AvgIpc) is 2.95. The van der Waals surface area contributed by atoms with Crippen molar-refractivity contribution in [3.63, 3.8) is 0 Å². The Morgan fingerprint density at radius 1 is 1.10 bits per heavy atom. The molecule has 4 rings (SSSR count). The molecule has 3 fully saturated rings. The fourth-order valence-electron chi connectivity index (χ4n) is 5.60.